The van der Waals surface area contributed by atoms with Gasteiger partial charge in [0, 0.05) is 18.5 Å². The lowest BCUT2D eigenvalue weighted by atomic mass is 10.2. The fourth-order valence-electron chi connectivity index (χ4n) is 3.49. The Kier molecular flexibility index (Phi) is 7.33. The fraction of sp³-hybridized carbons (Fsp3) is 0.261. The number of rotatable bonds is 7. The Balaban J connectivity index is 1.58. The summed E-state index contributed by atoms with van der Waals surface area (Å²) in [4.78, 5) is 13.2. The molecule has 35 heavy (non-hydrogen) atoms. The fourth-order valence-corrected chi connectivity index (χ4v) is 5.65. The third-order valence-electron chi connectivity index (χ3n) is 5.22. The number of morpholine rings is 1. The summed E-state index contributed by atoms with van der Waals surface area (Å²) >= 11 is 1.14. The quantitative estimate of drug-likeness (QED) is 0.480. The third-order valence-corrected chi connectivity index (χ3v) is 7.43. The first kappa shape index (κ1) is 25.0. The second-order valence-corrected chi connectivity index (χ2v) is 10.1. The number of amides is 1. The van der Waals surface area contributed by atoms with Crippen LogP contribution in [0.4, 0.5) is 18.9 Å². The molecule has 1 aromatic heterocycles. The summed E-state index contributed by atoms with van der Waals surface area (Å²) in [6.07, 6.45) is -5.04. The van der Waals surface area contributed by atoms with Gasteiger partial charge in [-0.1, -0.05) is 18.2 Å². The zero-order chi connectivity index (χ0) is 25.1. The predicted molar refractivity (Wildman–Crippen MR) is 124 cm³/mol. The van der Waals surface area contributed by atoms with Crippen LogP contribution in [0.25, 0.3) is 0 Å². The Morgan fingerprint density at radius 2 is 1.77 bits per heavy atom. The molecule has 1 fully saturated rings. The van der Waals surface area contributed by atoms with Gasteiger partial charge >= 0.3 is 6.18 Å². The van der Waals surface area contributed by atoms with Crippen molar-refractivity contribution in [1.29, 1.82) is 0 Å². The molecule has 3 aromatic rings. The van der Waals surface area contributed by atoms with E-state index in [-0.39, 0.29) is 23.8 Å². The normalized spacial score (nSPS) is 14.5. The maximum Gasteiger partial charge on any atom is 0.417 e. The minimum atomic E-state index is -4.95. The molecule has 2 aromatic carbocycles. The number of thiophene rings is 1. The van der Waals surface area contributed by atoms with Crippen LogP contribution >= 0.6 is 11.3 Å². The lowest BCUT2D eigenvalue weighted by Crippen LogP contribution is -2.41. The van der Waals surface area contributed by atoms with E-state index in [1.54, 1.807) is 40.6 Å². The third kappa shape index (κ3) is 6.13. The molecule has 0 spiro atoms. The van der Waals surface area contributed by atoms with Crippen LogP contribution in [0.1, 0.15) is 11.1 Å². The van der Waals surface area contributed by atoms with Crippen LogP contribution in [0.2, 0.25) is 0 Å². The molecule has 1 aliphatic rings. The first-order valence-electron chi connectivity index (χ1n) is 10.5. The monoisotopic (exact) mass is 526 g/mol. The lowest BCUT2D eigenvalue weighted by Gasteiger charge is -2.27. The zero-order valence-corrected chi connectivity index (χ0v) is 19.9. The smallest absolute Gasteiger partial charge is 0.417 e. The Morgan fingerprint density at radius 1 is 1.06 bits per heavy atom. The minimum absolute atomic E-state index is 0.0642. The number of hydrogen-bond acceptors (Lipinski definition) is 6. The van der Waals surface area contributed by atoms with E-state index in [1.165, 1.54) is 5.38 Å². The summed E-state index contributed by atoms with van der Waals surface area (Å²) in [6, 6.07) is 10.8. The number of hydrogen-bond donors (Lipinski definition) is 1. The van der Waals surface area contributed by atoms with Gasteiger partial charge in [-0.3, -0.25) is 9.52 Å². The molecule has 1 aliphatic heterocycles. The van der Waals surface area contributed by atoms with Crippen LogP contribution in [0, 0.1) is 0 Å². The summed E-state index contributed by atoms with van der Waals surface area (Å²) in [5.41, 5.74) is -0.915. The number of ether oxygens (including phenoxy) is 2. The van der Waals surface area contributed by atoms with Crippen LogP contribution in [-0.4, -0.2) is 45.5 Å². The molecule has 1 N–H and O–H groups in total. The van der Waals surface area contributed by atoms with Crippen molar-refractivity contribution >= 4 is 33.0 Å². The van der Waals surface area contributed by atoms with Crippen molar-refractivity contribution in [2.24, 2.45) is 0 Å². The Bertz CT molecular complexity index is 1290. The number of carbonyl (C=O) groups excluding carboxylic acids is 1. The number of carbonyl (C=O) groups is 1. The minimum Gasteiger partial charge on any atom is -0.457 e. The van der Waals surface area contributed by atoms with Crippen molar-refractivity contribution in [2.75, 3.05) is 31.0 Å². The van der Waals surface area contributed by atoms with Gasteiger partial charge < -0.3 is 14.4 Å². The van der Waals surface area contributed by atoms with Crippen LogP contribution in [0.5, 0.6) is 11.5 Å². The van der Waals surface area contributed by atoms with Crippen molar-refractivity contribution in [2.45, 2.75) is 17.5 Å². The molecule has 0 saturated carbocycles. The predicted octanol–water partition coefficient (Wildman–Crippen LogP) is 4.76. The summed E-state index contributed by atoms with van der Waals surface area (Å²) < 4.78 is 80.4. The highest BCUT2D eigenvalue weighted by molar-refractivity contribution is 7.92. The summed E-state index contributed by atoms with van der Waals surface area (Å²) in [5.74, 6) is -0.0671. The Labute approximate surface area is 204 Å². The number of benzene rings is 2. The molecule has 2 heterocycles. The van der Waals surface area contributed by atoms with Crippen LogP contribution in [-0.2, 0) is 32.2 Å². The first-order valence-corrected chi connectivity index (χ1v) is 12.9. The molecule has 186 valence electrons. The molecule has 4 rings (SSSR count). The second kappa shape index (κ2) is 10.3. The molecule has 0 bridgehead atoms. The van der Waals surface area contributed by atoms with Gasteiger partial charge in [0.05, 0.1) is 35.8 Å². The number of alkyl halides is 3. The van der Waals surface area contributed by atoms with E-state index in [2.05, 4.69) is 4.72 Å². The van der Waals surface area contributed by atoms with Gasteiger partial charge in [0.1, 0.15) is 11.5 Å². The summed E-state index contributed by atoms with van der Waals surface area (Å²) in [7, 11) is -4.63. The van der Waals surface area contributed by atoms with E-state index in [1.807, 2.05) is 0 Å². The van der Waals surface area contributed by atoms with Gasteiger partial charge in [0.25, 0.3) is 10.0 Å². The number of anilines is 1. The van der Waals surface area contributed by atoms with Gasteiger partial charge in [0.2, 0.25) is 5.91 Å². The van der Waals surface area contributed by atoms with Gasteiger partial charge in [-0.15, -0.1) is 11.3 Å². The molecule has 0 radical (unpaired) electrons. The van der Waals surface area contributed by atoms with Gasteiger partial charge in [-0.25, -0.2) is 8.42 Å². The Morgan fingerprint density at radius 3 is 2.46 bits per heavy atom. The van der Waals surface area contributed by atoms with Gasteiger partial charge in [0.15, 0.2) is 0 Å². The van der Waals surface area contributed by atoms with Crippen molar-refractivity contribution in [1.82, 2.24) is 4.90 Å². The van der Waals surface area contributed by atoms with E-state index in [0.29, 0.717) is 43.7 Å². The zero-order valence-electron chi connectivity index (χ0n) is 18.2. The maximum absolute atomic E-state index is 13.8. The van der Waals surface area contributed by atoms with E-state index in [9.17, 15) is 26.4 Å². The molecule has 1 saturated heterocycles. The number of halogens is 3. The van der Waals surface area contributed by atoms with E-state index in [0.717, 1.165) is 23.5 Å². The molecular weight excluding hydrogens is 505 g/mol. The number of nitrogens with zero attached hydrogens (tertiary/aromatic N) is 1. The molecule has 0 unspecified atom stereocenters. The molecule has 0 aliphatic carbocycles. The second-order valence-electron chi connectivity index (χ2n) is 7.66. The number of para-hydroxylation sites is 1. The molecule has 7 nitrogen and oxygen atoms in total. The van der Waals surface area contributed by atoms with Crippen LogP contribution in [0.3, 0.4) is 0 Å². The van der Waals surface area contributed by atoms with E-state index >= 15 is 0 Å². The topological polar surface area (TPSA) is 84.9 Å². The van der Waals surface area contributed by atoms with Crippen molar-refractivity contribution < 1.29 is 35.9 Å². The largest absolute Gasteiger partial charge is 0.457 e. The van der Waals surface area contributed by atoms with Gasteiger partial charge in [-0.2, -0.15) is 13.2 Å². The van der Waals surface area contributed by atoms with Crippen molar-refractivity contribution in [3.05, 3.63) is 70.4 Å². The van der Waals surface area contributed by atoms with Crippen LogP contribution < -0.4 is 9.46 Å². The Hall–Kier alpha value is -3.09. The van der Waals surface area contributed by atoms with Crippen molar-refractivity contribution in [3.63, 3.8) is 0 Å². The lowest BCUT2D eigenvalue weighted by molar-refractivity contribution is -0.140. The molecule has 12 heteroatoms. The molecule has 1 amide bonds. The SMILES string of the molecule is O=C(Cc1cscc1NS(=O)(=O)c1ccc(Oc2ccccc2)cc1C(F)(F)F)N1CCOCC1. The van der Waals surface area contributed by atoms with Crippen LogP contribution in [0.15, 0.2) is 64.2 Å². The highest BCUT2D eigenvalue weighted by Gasteiger charge is 2.38. The summed E-state index contributed by atoms with van der Waals surface area (Å²) in [6.45, 7) is 1.69. The number of nitrogens with one attached hydrogen (secondary N) is 1. The highest BCUT2D eigenvalue weighted by atomic mass is 32.2. The maximum atomic E-state index is 13.8. The van der Waals surface area contributed by atoms with E-state index in [4.69, 9.17) is 9.47 Å². The van der Waals surface area contributed by atoms with Gasteiger partial charge in [-0.05, 0) is 41.3 Å². The molecule has 0 atom stereocenters. The summed E-state index contributed by atoms with van der Waals surface area (Å²) in [5, 5.41) is 3.04. The first-order chi connectivity index (χ1) is 16.6. The average molecular weight is 527 g/mol. The van der Waals surface area contributed by atoms with E-state index < -0.39 is 26.7 Å². The average Bonchev–Trinajstić information content (AvgIpc) is 3.25. The number of sulfonamides is 1. The van der Waals surface area contributed by atoms with Crippen molar-refractivity contribution in [3.8, 4) is 11.5 Å². The molecular formula is C23H21F3N2O5S2. The highest BCUT2D eigenvalue weighted by Crippen LogP contribution is 2.38. The standard InChI is InChI=1S/C23H21F3N2O5S2/c24-23(25,26)19-13-18(33-17-4-2-1-3-5-17)6-7-21(19)35(30,31)27-20-15-34-14-16(20)12-22(29)28-8-10-32-11-9-28/h1-7,13-15,27H,8-12H2.